The van der Waals surface area contributed by atoms with E-state index in [2.05, 4.69) is 0 Å². The van der Waals surface area contributed by atoms with Gasteiger partial charge in [0.05, 0.1) is 18.2 Å². The standard InChI is InChI=1S/C22H18O5/c1-26-21-5-3-2-4-19(21)20(24)14-27-22(25)17-8-6-15(7-9-17)16-10-12-18(23)13-11-16/h2-13,23H,14H2,1H3. The van der Waals surface area contributed by atoms with Gasteiger partial charge in [0.15, 0.2) is 6.61 Å². The third kappa shape index (κ3) is 4.33. The molecule has 0 atom stereocenters. The van der Waals surface area contributed by atoms with Crippen LogP contribution in [0.5, 0.6) is 11.5 Å². The van der Waals surface area contributed by atoms with Crippen molar-refractivity contribution in [1.29, 1.82) is 0 Å². The molecular formula is C22H18O5. The van der Waals surface area contributed by atoms with E-state index in [0.717, 1.165) is 11.1 Å². The van der Waals surface area contributed by atoms with Gasteiger partial charge in [-0.15, -0.1) is 0 Å². The molecule has 0 aliphatic carbocycles. The minimum atomic E-state index is -0.574. The van der Waals surface area contributed by atoms with Crippen LogP contribution in [-0.4, -0.2) is 30.6 Å². The van der Waals surface area contributed by atoms with Gasteiger partial charge in [-0.05, 0) is 47.5 Å². The van der Waals surface area contributed by atoms with Gasteiger partial charge in [-0.1, -0.05) is 36.4 Å². The summed E-state index contributed by atoms with van der Waals surface area (Å²) in [7, 11) is 1.48. The Morgan fingerprint density at radius 3 is 2.07 bits per heavy atom. The first-order valence-electron chi connectivity index (χ1n) is 8.31. The minimum Gasteiger partial charge on any atom is -0.508 e. The molecule has 0 amide bonds. The van der Waals surface area contributed by atoms with Crippen LogP contribution in [-0.2, 0) is 4.74 Å². The van der Waals surface area contributed by atoms with Gasteiger partial charge in [-0.3, -0.25) is 4.79 Å². The van der Waals surface area contributed by atoms with Crippen LogP contribution < -0.4 is 4.74 Å². The second kappa shape index (κ2) is 8.19. The van der Waals surface area contributed by atoms with Crippen molar-refractivity contribution >= 4 is 11.8 Å². The van der Waals surface area contributed by atoms with E-state index in [-0.39, 0.29) is 18.1 Å². The van der Waals surface area contributed by atoms with Gasteiger partial charge in [0.2, 0.25) is 5.78 Å². The number of para-hydroxylation sites is 1. The van der Waals surface area contributed by atoms with Crippen molar-refractivity contribution < 1.29 is 24.2 Å². The highest BCUT2D eigenvalue weighted by Crippen LogP contribution is 2.22. The lowest BCUT2D eigenvalue weighted by Crippen LogP contribution is -2.15. The molecule has 5 nitrogen and oxygen atoms in total. The van der Waals surface area contributed by atoms with Crippen LogP contribution in [0.15, 0.2) is 72.8 Å². The van der Waals surface area contributed by atoms with E-state index in [1.54, 1.807) is 72.8 Å². The highest BCUT2D eigenvalue weighted by atomic mass is 16.5. The molecule has 0 saturated carbocycles. The summed E-state index contributed by atoms with van der Waals surface area (Å²) in [5.74, 6) is -0.271. The monoisotopic (exact) mass is 362 g/mol. The van der Waals surface area contributed by atoms with Gasteiger partial charge in [0.1, 0.15) is 11.5 Å². The van der Waals surface area contributed by atoms with Gasteiger partial charge >= 0.3 is 5.97 Å². The Balaban J connectivity index is 1.64. The number of Topliss-reactive ketones (excluding diaryl/α,β-unsaturated/α-hetero) is 1. The number of benzene rings is 3. The molecule has 3 aromatic rings. The van der Waals surface area contributed by atoms with Crippen molar-refractivity contribution in [3.8, 4) is 22.6 Å². The van der Waals surface area contributed by atoms with E-state index in [4.69, 9.17) is 9.47 Å². The Labute approximate surface area is 156 Å². The molecule has 0 bridgehead atoms. The van der Waals surface area contributed by atoms with E-state index < -0.39 is 5.97 Å². The maximum Gasteiger partial charge on any atom is 0.338 e. The van der Waals surface area contributed by atoms with Crippen molar-refractivity contribution in [2.45, 2.75) is 0 Å². The zero-order valence-electron chi connectivity index (χ0n) is 14.7. The highest BCUT2D eigenvalue weighted by molar-refractivity contribution is 6.01. The predicted octanol–water partition coefficient (Wildman–Crippen LogP) is 4.11. The number of rotatable bonds is 6. The molecule has 0 saturated heterocycles. The van der Waals surface area contributed by atoms with Crippen LogP contribution in [0.3, 0.4) is 0 Å². The quantitative estimate of drug-likeness (QED) is 0.528. The Kier molecular flexibility index (Phi) is 5.52. The summed E-state index contributed by atoms with van der Waals surface area (Å²) in [4.78, 5) is 24.4. The fourth-order valence-corrected chi connectivity index (χ4v) is 2.62. The number of aromatic hydroxyl groups is 1. The predicted molar refractivity (Wildman–Crippen MR) is 101 cm³/mol. The largest absolute Gasteiger partial charge is 0.508 e. The maximum atomic E-state index is 12.2. The first-order valence-corrected chi connectivity index (χ1v) is 8.31. The van der Waals surface area contributed by atoms with Crippen molar-refractivity contribution in [2.75, 3.05) is 13.7 Å². The number of carbonyl (C=O) groups is 2. The van der Waals surface area contributed by atoms with Crippen molar-refractivity contribution in [2.24, 2.45) is 0 Å². The van der Waals surface area contributed by atoms with Crippen molar-refractivity contribution in [1.82, 2.24) is 0 Å². The average Bonchev–Trinajstić information content (AvgIpc) is 2.72. The fraction of sp³-hybridized carbons (Fsp3) is 0.0909. The molecule has 0 aliphatic heterocycles. The highest BCUT2D eigenvalue weighted by Gasteiger charge is 2.15. The molecule has 27 heavy (non-hydrogen) atoms. The smallest absolute Gasteiger partial charge is 0.338 e. The Morgan fingerprint density at radius 1 is 0.852 bits per heavy atom. The minimum absolute atomic E-state index is 0.193. The number of hydrogen-bond donors (Lipinski definition) is 1. The van der Waals surface area contributed by atoms with Gasteiger partial charge in [0.25, 0.3) is 0 Å². The fourth-order valence-electron chi connectivity index (χ4n) is 2.62. The molecule has 3 rings (SSSR count). The molecule has 1 N–H and O–H groups in total. The topological polar surface area (TPSA) is 72.8 Å². The van der Waals surface area contributed by atoms with Crippen LogP contribution in [0.25, 0.3) is 11.1 Å². The number of ether oxygens (including phenoxy) is 2. The van der Waals surface area contributed by atoms with Gasteiger partial charge < -0.3 is 14.6 Å². The number of carbonyl (C=O) groups excluding carboxylic acids is 2. The molecule has 0 aliphatic rings. The summed E-state index contributed by atoms with van der Waals surface area (Å²) < 4.78 is 10.3. The lowest BCUT2D eigenvalue weighted by atomic mass is 10.0. The summed E-state index contributed by atoms with van der Waals surface area (Å²) in [6.07, 6.45) is 0. The molecule has 0 aromatic heterocycles. The number of phenolic OH excluding ortho intramolecular Hbond substituents is 1. The molecule has 0 radical (unpaired) electrons. The second-order valence-corrected chi connectivity index (χ2v) is 5.82. The first-order chi connectivity index (χ1) is 13.1. The molecule has 3 aromatic carbocycles. The first kappa shape index (κ1) is 18.2. The van der Waals surface area contributed by atoms with Crippen molar-refractivity contribution in [3.63, 3.8) is 0 Å². The van der Waals surface area contributed by atoms with Crippen LogP contribution >= 0.6 is 0 Å². The molecule has 136 valence electrons. The Bertz CT molecular complexity index is 943. The van der Waals surface area contributed by atoms with E-state index in [1.807, 2.05) is 0 Å². The Morgan fingerprint density at radius 2 is 1.44 bits per heavy atom. The number of methoxy groups -OCH3 is 1. The third-order valence-corrected chi connectivity index (χ3v) is 4.06. The summed E-state index contributed by atoms with van der Waals surface area (Å²) in [5, 5.41) is 9.34. The zero-order valence-corrected chi connectivity index (χ0v) is 14.7. The molecular weight excluding hydrogens is 344 g/mol. The van der Waals surface area contributed by atoms with Crippen LogP contribution in [0.4, 0.5) is 0 Å². The number of ketones is 1. The molecule has 0 spiro atoms. The van der Waals surface area contributed by atoms with E-state index in [0.29, 0.717) is 16.9 Å². The average molecular weight is 362 g/mol. The zero-order chi connectivity index (χ0) is 19.2. The SMILES string of the molecule is COc1ccccc1C(=O)COC(=O)c1ccc(-c2ccc(O)cc2)cc1. The second-order valence-electron chi connectivity index (χ2n) is 5.82. The van der Waals surface area contributed by atoms with Gasteiger partial charge in [-0.25, -0.2) is 4.79 Å². The maximum absolute atomic E-state index is 12.2. The summed E-state index contributed by atoms with van der Waals surface area (Å²) >= 11 is 0. The van der Waals surface area contributed by atoms with E-state index >= 15 is 0 Å². The molecule has 0 fully saturated rings. The van der Waals surface area contributed by atoms with Crippen molar-refractivity contribution in [3.05, 3.63) is 83.9 Å². The number of esters is 1. The number of phenols is 1. The third-order valence-electron chi connectivity index (χ3n) is 4.06. The summed E-state index contributed by atoms with van der Waals surface area (Å²) in [6, 6.07) is 20.4. The van der Waals surface area contributed by atoms with Crippen LogP contribution in [0.1, 0.15) is 20.7 Å². The molecule has 0 unspecified atom stereocenters. The Hall–Kier alpha value is -3.60. The van der Waals surface area contributed by atoms with E-state index in [1.165, 1.54) is 7.11 Å². The lowest BCUT2D eigenvalue weighted by molar-refractivity contribution is 0.0474. The van der Waals surface area contributed by atoms with Crippen LogP contribution in [0, 0.1) is 0 Å². The van der Waals surface area contributed by atoms with Crippen LogP contribution in [0.2, 0.25) is 0 Å². The molecule has 0 heterocycles. The van der Waals surface area contributed by atoms with E-state index in [9.17, 15) is 14.7 Å². The number of hydrogen-bond acceptors (Lipinski definition) is 5. The summed E-state index contributed by atoms with van der Waals surface area (Å²) in [6.45, 7) is -0.362. The van der Waals surface area contributed by atoms with Gasteiger partial charge in [-0.2, -0.15) is 0 Å². The van der Waals surface area contributed by atoms with Gasteiger partial charge in [0, 0.05) is 0 Å². The normalized spacial score (nSPS) is 10.3. The lowest BCUT2D eigenvalue weighted by Gasteiger charge is -2.08. The molecule has 5 heteroatoms. The summed E-state index contributed by atoms with van der Waals surface area (Å²) in [5.41, 5.74) is 2.54.